The second kappa shape index (κ2) is 6.05. The van der Waals surface area contributed by atoms with Gasteiger partial charge in [0.15, 0.2) is 0 Å². The maximum absolute atomic E-state index is 11.3. The molecule has 0 saturated carbocycles. The normalized spacial score (nSPS) is 11.6. The van der Waals surface area contributed by atoms with Crippen LogP contribution in [0.2, 0.25) is 0 Å². The van der Waals surface area contributed by atoms with Crippen LogP contribution in [-0.4, -0.2) is 23.0 Å². The predicted molar refractivity (Wildman–Crippen MR) is 63.4 cm³/mol. The minimum Gasteiger partial charge on any atom is -0.445 e. The number of ether oxygens (including phenoxy) is 1. The molecule has 0 spiro atoms. The molecule has 1 atom stereocenters. The number of nitrogens with one attached hydrogen (secondary N) is 1. The summed E-state index contributed by atoms with van der Waals surface area (Å²) in [4.78, 5) is 21.2. The van der Waals surface area contributed by atoms with E-state index in [2.05, 4.69) is 5.32 Å². The van der Waals surface area contributed by atoms with Gasteiger partial charge in [-0.15, -0.1) is 11.6 Å². The average Bonchev–Trinajstić information content (AvgIpc) is 2.29. The van der Waals surface area contributed by atoms with E-state index < -0.39 is 17.1 Å². The average molecular weight is 259 g/mol. The highest BCUT2D eigenvalue weighted by atomic mass is 35.5. The van der Waals surface area contributed by atoms with Crippen LogP contribution in [0.5, 0.6) is 0 Å². The molecule has 1 N–H and O–H groups in total. The zero-order valence-corrected chi connectivity index (χ0v) is 9.81. The monoisotopic (exact) mass is 258 g/mol. The summed E-state index contributed by atoms with van der Waals surface area (Å²) in [6.07, 6.45) is -1.04. The van der Waals surface area contributed by atoms with Gasteiger partial charge in [0, 0.05) is 17.8 Å². The molecule has 92 valence electrons. The summed E-state index contributed by atoms with van der Waals surface area (Å²) in [5.41, 5.74) is 0.375. The fraction of sp³-hybridized carbons (Fsp3) is 0.300. The van der Waals surface area contributed by atoms with Crippen molar-refractivity contribution in [3.05, 3.63) is 34.4 Å². The van der Waals surface area contributed by atoms with Crippen molar-refractivity contribution in [1.29, 1.82) is 0 Å². The second-order valence-corrected chi connectivity index (χ2v) is 3.61. The zero-order valence-electron chi connectivity index (χ0n) is 9.05. The molecule has 6 nitrogen and oxygen atoms in total. The predicted octanol–water partition coefficient (Wildman–Crippen LogP) is 2.77. The number of carbonyl (C=O) groups is 1. The van der Waals surface area contributed by atoms with E-state index in [1.165, 1.54) is 24.3 Å². The van der Waals surface area contributed by atoms with E-state index in [0.29, 0.717) is 5.69 Å². The number of rotatable bonds is 4. The van der Waals surface area contributed by atoms with Crippen LogP contribution >= 0.6 is 11.6 Å². The molecule has 1 amide bonds. The first-order chi connectivity index (χ1) is 8.02. The van der Waals surface area contributed by atoms with Gasteiger partial charge >= 0.3 is 6.09 Å². The fourth-order valence-corrected chi connectivity index (χ4v) is 1.09. The third-order valence-electron chi connectivity index (χ3n) is 1.85. The van der Waals surface area contributed by atoms with Crippen LogP contribution < -0.4 is 5.32 Å². The van der Waals surface area contributed by atoms with Crippen molar-refractivity contribution in [2.45, 2.75) is 13.0 Å². The summed E-state index contributed by atoms with van der Waals surface area (Å²) in [6, 6.07) is 5.43. The second-order valence-electron chi connectivity index (χ2n) is 3.30. The van der Waals surface area contributed by atoms with Crippen molar-refractivity contribution >= 4 is 29.1 Å². The molecule has 1 aromatic rings. The van der Waals surface area contributed by atoms with Gasteiger partial charge in [0.1, 0.15) is 6.10 Å². The van der Waals surface area contributed by atoms with Crippen LogP contribution in [0.1, 0.15) is 6.92 Å². The minimum absolute atomic E-state index is 0.0435. The molecule has 0 bridgehead atoms. The van der Waals surface area contributed by atoms with Crippen LogP contribution in [-0.2, 0) is 4.74 Å². The largest absolute Gasteiger partial charge is 0.445 e. The summed E-state index contributed by atoms with van der Waals surface area (Å²) in [5.74, 6) is 0.202. The molecule has 0 fully saturated rings. The summed E-state index contributed by atoms with van der Waals surface area (Å²) >= 11 is 5.47. The molecule has 1 unspecified atom stereocenters. The standard InChI is InChI=1S/C10H11ClN2O4/c1-7(6-11)17-10(14)12-8-2-4-9(5-3-8)13(15)16/h2-5,7H,6H2,1H3,(H,12,14). The zero-order chi connectivity index (χ0) is 12.8. The van der Waals surface area contributed by atoms with Gasteiger partial charge in [0.05, 0.1) is 10.8 Å². The fourth-order valence-electron chi connectivity index (χ4n) is 1.03. The molecular weight excluding hydrogens is 248 g/mol. The van der Waals surface area contributed by atoms with Crippen molar-refractivity contribution in [2.75, 3.05) is 11.2 Å². The van der Waals surface area contributed by atoms with Crippen molar-refractivity contribution in [1.82, 2.24) is 0 Å². The van der Waals surface area contributed by atoms with E-state index in [4.69, 9.17) is 16.3 Å². The quantitative estimate of drug-likeness (QED) is 0.511. The number of non-ortho nitro benzene ring substituents is 1. The number of alkyl halides is 1. The summed E-state index contributed by atoms with van der Waals surface area (Å²) < 4.78 is 4.87. The molecule has 17 heavy (non-hydrogen) atoms. The molecule has 0 radical (unpaired) electrons. The Bertz CT molecular complexity index is 407. The third-order valence-corrected chi connectivity index (χ3v) is 2.28. The lowest BCUT2D eigenvalue weighted by Crippen LogP contribution is -2.21. The molecule has 7 heteroatoms. The highest BCUT2D eigenvalue weighted by molar-refractivity contribution is 6.18. The van der Waals surface area contributed by atoms with Gasteiger partial charge < -0.3 is 4.74 Å². The van der Waals surface area contributed by atoms with E-state index in [0.717, 1.165) is 0 Å². The van der Waals surface area contributed by atoms with Gasteiger partial charge in [-0.25, -0.2) is 4.79 Å². The summed E-state index contributed by atoms with van der Waals surface area (Å²) in [6.45, 7) is 1.66. The molecule has 0 aliphatic rings. The number of carbonyl (C=O) groups excluding carboxylic acids is 1. The van der Waals surface area contributed by atoms with Crippen LogP contribution in [0.3, 0.4) is 0 Å². The van der Waals surface area contributed by atoms with Crippen LogP contribution in [0.25, 0.3) is 0 Å². The van der Waals surface area contributed by atoms with Gasteiger partial charge in [-0.2, -0.15) is 0 Å². The Kier molecular flexibility index (Phi) is 4.71. The Morgan fingerprint density at radius 3 is 2.59 bits per heavy atom. The molecule has 1 aromatic carbocycles. The van der Waals surface area contributed by atoms with Crippen molar-refractivity contribution in [2.24, 2.45) is 0 Å². The maximum atomic E-state index is 11.3. The highest BCUT2D eigenvalue weighted by Crippen LogP contribution is 2.15. The lowest BCUT2D eigenvalue weighted by Gasteiger charge is -2.10. The topological polar surface area (TPSA) is 81.5 Å². The first kappa shape index (κ1) is 13.2. The van der Waals surface area contributed by atoms with Crippen molar-refractivity contribution in [3.8, 4) is 0 Å². The number of anilines is 1. The highest BCUT2D eigenvalue weighted by Gasteiger charge is 2.09. The van der Waals surface area contributed by atoms with Gasteiger partial charge in [-0.05, 0) is 19.1 Å². The number of hydrogen-bond acceptors (Lipinski definition) is 4. The Labute approximate surface area is 103 Å². The van der Waals surface area contributed by atoms with E-state index in [1.807, 2.05) is 0 Å². The number of halogens is 1. The maximum Gasteiger partial charge on any atom is 0.411 e. The molecule has 0 heterocycles. The molecule has 0 aliphatic carbocycles. The van der Waals surface area contributed by atoms with E-state index >= 15 is 0 Å². The Morgan fingerprint density at radius 1 is 1.53 bits per heavy atom. The van der Waals surface area contributed by atoms with Crippen molar-refractivity contribution < 1.29 is 14.5 Å². The van der Waals surface area contributed by atoms with Gasteiger partial charge in [0.2, 0.25) is 0 Å². The minimum atomic E-state index is -0.646. The first-order valence-electron chi connectivity index (χ1n) is 4.81. The summed E-state index contributed by atoms with van der Waals surface area (Å²) in [5, 5.41) is 12.8. The van der Waals surface area contributed by atoms with Gasteiger partial charge in [-0.3, -0.25) is 15.4 Å². The smallest absolute Gasteiger partial charge is 0.411 e. The number of hydrogen-bond donors (Lipinski definition) is 1. The lowest BCUT2D eigenvalue weighted by atomic mass is 10.3. The Balaban J connectivity index is 2.57. The van der Waals surface area contributed by atoms with Gasteiger partial charge in [-0.1, -0.05) is 0 Å². The number of amides is 1. The first-order valence-corrected chi connectivity index (χ1v) is 5.34. The van der Waals surface area contributed by atoms with Crippen LogP contribution in [0.15, 0.2) is 24.3 Å². The van der Waals surface area contributed by atoms with Gasteiger partial charge in [0.25, 0.3) is 5.69 Å². The molecule has 1 rings (SSSR count). The van der Waals surface area contributed by atoms with E-state index in [1.54, 1.807) is 6.92 Å². The number of nitro benzene ring substituents is 1. The SMILES string of the molecule is CC(CCl)OC(=O)Nc1ccc([N+](=O)[O-])cc1. The van der Waals surface area contributed by atoms with Crippen LogP contribution in [0.4, 0.5) is 16.2 Å². The van der Waals surface area contributed by atoms with Crippen LogP contribution in [0, 0.1) is 10.1 Å². The molecular formula is C10H11ClN2O4. The number of benzene rings is 1. The Hall–Kier alpha value is -1.82. The number of nitrogens with zero attached hydrogens (tertiary/aromatic N) is 1. The third kappa shape index (κ3) is 4.28. The summed E-state index contributed by atoms with van der Waals surface area (Å²) in [7, 11) is 0. The van der Waals surface area contributed by atoms with E-state index in [9.17, 15) is 14.9 Å². The molecule has 0 aromatic heterocycles. The number of nitro groups is 1. The Morgan fingerprint density at radius 2 is 2.12 bits per heavy atom. The van der Waals surface area contributed by atoms with Crippen molar-refractivity contribution in [3.63, 3.8) is 0 Å². The van der Waals surface area contributed by atoms with E-state index in [-0.39, 0.29) is 11.6 Å². The lowest BCUT2D eigenvalue weighted by molar-refractivity contribution is -0.384. The molecule has 0 saturated heterocycles. The molecule has 0 aliphatic heterocycles.